The van der Waals surface area contributed by atoms with Crippen molar-refractivity contribution in [1.82, 2.24) is 4.57 Å². The maximum absolute atomic E-state index is 14.2. The van der Waals surface area contributed by atoms with Crippen molar-refractivity contribution in [3.63, 3.8) is 0 Å². The van der Waals surface area contributed by atoms with Crippen molar-refractivity contribution in [2.45, 2.75) is 32.9 Å². The van der Waals surface area contributed by atoms with Gasteiger partial charge in [-0.3, -0.25) is 9.59 Å². The Kier molecular flexibility index (Phi) is 8.08. The molecule has 0 amide bonds. The molecule has 0 saturated heterocycles. The maximum atomic E-state index is 14.2. The summed E-state index contributed by atoms with van der Waals surface area (Å²) in [5.74, 6) is -6.75. The highest BCUT2D eigenvalue weighted by Gasteiger charge is 2.19. The summed E-state index contributed by atoms with van der Waals surface area (Å²) < 4.78 is 60.8. The molecule has 0 aliphatic heterocycles. The molecule has 188 valence electrons. The number of aliphatic hydroxyl groups is 1. The van der Waals surface area contributed by atoms with Gasteiger partial charge in [-0.25, -0.2) is 22.4 Å². The van der Waals surface area contributed by atoms with Gasteiger partial charge >= 0.3 is 5.97 Å². The van der Waals surface area contributed by atoms with Gasteiger partial charge in [0.15, 0.2) is 0 Å². The molecule has 2 aromatic carbocycles. The van der Waals surface area contributed by atoms with Crippen molar-refractivity contribution in [2.75, 3.05) is 0 Å². The molecule has 36 heavy (non-hydrogen) atoms. The van der Waals surface area contributed by atoms with Crippen molar-refractivity contribution in [1.29, 1.82) is 0 Å². The molecule has 3 rings (SSSR count). The van der Waals surface area contributed by atoms with Crippen molar-refractivity contribution >= 4 is 17.5 Å². The number of nitrogens with zero attached hydrogens (tertiary/aromatic N) is 1. The maximum Gasteiger partial charge on any atom is 0.379 e. The zero-order valence-corrected chi connectivity index (χ0v) is 19.2. The molecular formula is C26H21F4NO5. The summed E-state index contributed by atoms with van der Waals surface area (Å²) in [5.41, 5.74) is -1.09. The number of carbonyl (C=O) groups is 2. The number of ether oxygens (including phenoxy) is 1. The molecule has 1 aromatic heterocycles. The molecule has 0 unspecified atom stereocenters. The number of hydrogen-bond acceptors (Lipinski definition) is 5. The van der Waals surface area contributed by atoms with Crippen LogP contribution < -0.4 is 5.56 Å². The minimum atomic E-state index is -1.25. The molecule has 0 saturated carbocycles. The summed E-state index contributed by atoms with van der Waals surface area (Å²) in [6.45, 7) is 2.63. The van der Waals surface area contributed by atoms with Gasteiger partial charge in [0.1, 0.15) is 29.0 Å². The quantitative estimate of drug-likeness (QED) is 0.161. The Morgan fingerprint density at radius 1 is 0.972 bits per heavy atom. The minimum absolute atomic E-state index is 0.0561. The van der Waals surface area contributed by atoms with Crippen LogP contribution in [-0.4, -0.2) is 27.5 Å². The normalized spacial score (nSPS) is 11.6. The van der Waals surface area contributed by atoms with Gasteiger partial charge in [-0.05, 0) is 43.2 Å². The molecule has 0 aliphatic rings. The fourth-order valence-corrected chi connectivity index (χ4v) is 3.35. The van der Waals surface area contributed by atoms with Gasteiger partial charge in [-0.2, -0.15) is 0 Å². The molecule has 1 heterocycles. The van der Waals surface area contributed by atoms with Crippen LogP contribution in [0.4, 0.5) is 17.6 Å². The van der Waals surface area contributed by atoms with E-state index in [1.807, 2.05) is 0 Å². The van der Waals surface area contributed by atoms with E-state index in [9.17, 15) is 37.1 Å². The number of benzene rings is 2. The van der Waals surface area contributed by atoms with E-state index in [0.717, 1.165) is 28.8 Å². The molecule has 1 N–H and O–H groups in total. The highest BCUT2D eigenvalue weighted by atomic mass is 19.1. The summed E-state index contributed by atoms with van der Waals surface area (Å²) >= 11 is 0. The van der Waals surface area contributed by atoms with Crippen LogP contribution in [0.15, 0.2) is 59.5 Å². The monoisotopic (exact) mass is 503 g/mol. The highest BCUT2D eigenvalue weighted by Crippen LogP contribution is 2.18. The lowest BCUT2D eigenvalue weighted by Gasteiger charge is -2.13. The molecule has 0 radical (unpaired) electrons. The average molecular weight is 503 g/mol. The third-order valence-electron chi connectivity index (χ3n) is 5.00. The summed E-state index contributed by atoms with van der Waals surface area (Å²) in [6.07, 6.45) is 1.00. The van der Waals surface area contributed by atoms with E-state index in [0.29, 0.717) is 18.2 Å². The van der Waals surface area contributed by atoms with Gasteiger partial charge < -0.3 is 14.4 Å². The smallest absolute Gasteiger partial charge is 0.379 e. The van der Waals surface area contributed by atoms with Crippen LogP contribution in [0.2, 0.25) is 0 Å². The molecule has 10 heteroatoms. The molecule has 6 nitrogen and oxygen atoms in total. The first-order chi connectivity index (χ1) is 16.9. The largest absolute Gasteiger partial charge is 0.507 e. The van der Waals surface area contributed by atoms with Crippen molar-refractivity contribution in [3.05, 3.63) is 111 Å². The number of aromatic nitrogens is 1. The topological polar surface area (TPSA) is 85.6 Å². The lowest BCUT2D eigenvalue weighted by Crippen LogP contribution is -2.25. The third-order valence-corrected chi connectivity index (χ3v) is 5.00. The SMILES string of the molecule is CC(C)OC(=O)C(=O)C=C(O)c1cc(Cc2ccc(F)cc2F)cn(Cc2ccc(F)cc2F)c1=O. The van der Waals surface area contributed by atoms with Crippen LogP contribution in [0.1, 0.15) is 36.1 Å². The molecule has 0 bridgehead atoms. The first kappa shape index (κ1) is 26.4. The summed E-state index contributed by atoms with van der Waals surface area (Å²) in [4.78, 5) is 36.9. The Balaban J connectivity index is 2.08. The van der Waals surface area contributed by atoms with Crippen molar-refractivity contribution in [3.8, 4) is 0 Å². The number of carbonyl (C=O) groups excluding carboxylic acids is 2. The van der Waals surface area contributed by atoms with Crippen LogP contribution in [0.25, 0.3) is 5.76 Å². The highest BCUT2D eigenvalue weighted by molar-refractivity contribution is 6.39. The Bertz CT molecular complexity index is 1410. The van der Waals surface area contributed by atoms with Crippen molar-refractivity contribution in [2.24, 2.45) is 0 Å². The first-order valence-electron chi connectivity index (χ1n) is 10.7. The zero-order valence-electron chi connectivity index (χ0n) is 19.2. The Morgan fingerprint density at radius 2 is 1.56 bits per heavy atom. The Hall–Kier alpha value is -4.21. The van der Waals surface area contributed by atoms with Crippen LogP contribution >= 0.6 is 0 Å². The van der Waals surface area contributed by atoms with E-state index in [1.165, 1.54) is 26.1 Å². The molecular weight excluding hydrogens is 482 g/mol. The third kappa shape index (κ3) is 6.47. The van der Waals surface area contributed by atoms with Gasteiger partial charge in [0.05, 0.1) is 18.2 Å². The zero-order chi connectivity index (χ0) is 26.6. The van der Waals surface area contributed by atoms with E-state index in [1.54, 1.807) is 0 Å². The molecule has 0 fully saturated rings. The number of hydrogen-bond donors (Lipinski definition) is 1. The van der Waals surface area contributed by atoms with Gasteiger partial charge in [0.25, 0.3) is 11.3 Å². The summed E-state index contributed by atoms with van der Waals surface area (Å²) in [6, 6.07) is 6.84. The van der Waals surface area contributed by atoms with Crippen LogP contribution in [0.5, 0.6) is 0 Å². The standard InChI is InChI=1S/C26H21F4NO5/c1-14(2)36-26(35)24(33)11-23(32)20-8-15(7-16-3-5-18(27)9-21(16)29)12-31(25(20)34)13-17-4-6-19(28)10-22(17)30/h3-6,8-12,14,32H,7,13H2,1-2H3. The number of pyridine rings is 1. The number of ketones is 1. The van der Waals surface area contributed by atoms with E-state index >= 15 is 0 Å². The Morgan fingerprint density at radius 3 is 2.11 bits per heavy atom. The fraction of sp³-hybridized carbons (Fsp3) is 0.192. The fourth-order valence-electron chi connectivity index (χ4n) is 3.35. The number of rotatable bonds is 8. The molecule has 0 atom stereocenters. The van der Waals surface area contributed by atoms with E-state index in [4.69, 9.17) is 4.74 Å². The predicted octanol–water partition coefficient (Wildman–Crippen LogP) is 4.46. The summed E-state index contributed by atoms with van der Waals surface area (Å²) in [7, 11) is 0. The van der Waals surface area contributed by atoms with Crippen molar-refractivity contribution < 1.29 is 37.0 Å². The van der Waals surface area contributed by atoms with Crippen LogP contribution in [0.3, 0.4) is 0 Å². The van der Waals surface area contributed by atoms with Crippen LogP contribution in [0, 0.1) is 23.3 Å². The van der Waals surface area contributed by atoms with E-state index in [2.05, 4.69) is 0 Å². The second kappa shape index (κ2) is 11.0. The Labute approximate surface area is 203 Å². The van der Waals surface area contributed by atoms with Gasteiger partial charge in [-0.1, -0.05) is 12.1 Å². The molecule has 3 aromatic rings. The predicted molar refractivity (Wildman–Crippen MR) is 122 cm³/mol. The summed E-state index contributed by atoms with van der Waals surface area (Å²) in [5, 5.41) is 10.5. The minimum Gasteiger partial charge on any atom is -0.507 e. The second-order valence-electron chi connectivity index (χ2n) is 8.19. The van der Waals surface area contributed by atoms with Gasteiger partial charge in [0.2, 0.25) is 0 Å². The number of halogens is 4. The lowest BCUT2D eigenvalue weighted by atomic mass is 10.0. The van der Waals surface area contributed by atoms with Gasteiger partial charge in [0, 0.05) is 36.4 Å². The van der Waals surface area contributed by atoms with E-state index < -0.39 is 64.6 Å². The number of esters is 1. The van der Waals surface area contributed by atoms with Gasteiger partial charge in [-0.15, -0.1) is 0 Å². The molecule has 0 aliphatic carbocycles. The molecule has 0 spiro atoms. The average Bonchev–Trinajstić information content (AvgIpc) is 2.78. The number of aliphatic hydroxyl groups excluding tert-OH is 1. The van der Waals surface area contributed by atoms with Crippen LogP contribution in [-0.2, 0) is 27.3 Å². The first-order valence-corrected chi connectivity index (χ1v) is 10.7. The lowest BCUT2D eigenvalue weighted by molar-refractivity contribution is -0.154. The van der Waals surface area contributed by atoms with E-state index in [-0.39, 0.29) is 23.1 Å². The second-order valence-corrected chi connectivity index (χ2v) is 8.19.